The van der Waals surface area contributed by atoms with Crippen molar-refractivity contribution in [3.05, 3.63) is 125 Å². The van der Waals surface area contributed by atoms with Crippen LogP contribution in [0.25, 0.3) is 22.2 Å². The summed E-state index contributed by atoms with van der Waals surface area (Å²) < 4.78 is 13.5. The van der Waals surface area contributed by atoms with Crippen molar-refractivity contribution < 1.29 is 29.5 Å². The molecule has 13 heteroatoms. The Hall–Kier alpha value is -5.47. The van der Waals surface area contributed by atoms with E-state index in [1.165, 1.54) is 0 Å². The van der Waals surface area contributed by atoms with Crippen molar-refractivity contribution in [3.8, 4) is 6.01 Å². The van der Waals surface area contributed by atoms with Gasteiger partial charge in [-0.3, -0.25) is 15.0 Å². The Morgan fingerprint density at radius 2 is 1.74 bits per heavy atom. The Morgan fingerprint density at radius 1 is 0.979 bits per heavy atom. The number of ether oxygens (including phenoxy) is 2. The van der Waals surface area contributed by atoms with Crippen LogP contribution in [0, 0.1) is 0 Å². The second-order valence-electron chi connectivity index (χ2n) is 10.2. The number of esters is 1. The Balaban J connectivity index is 1.43. The van der Waals surface area contributed by atoms with E-state index in [9.17, 15) is 4.79 Å². The van der Waals surface area contributed by atoms with Gasteiger partial charge in [-0.15, -0.1) is 10.2 Å². The summed E-state index contributed by atoms with van der Waals surface area (Å²) in [5.74, 6) is -0.0484. The summed E-state index contributed by atoms with van der Waals surface area (Å²) in [6, 6.07) is 20.8. The van der Waals surface area contributed by atoms with Gasteiger partial charge in [0.05, 0.1) is 41.7 Å². The fraction of sp³-hybridized carbons (Fsp3) is 0.206. The van der Waals surface area contributed by atoms with Crippen molar-refractivity contribution >= 4 is 28.1 Å². The Kier molecular flexibility index (Phi) is 11.0. The molecule has 0 aliphatic rings. The predicted octanol–water partition coefficient (Wildman–Crippen LogP) is 5.93. The molecule has 3 N–H and O–H groups in total. The number of carbonyl (C=O) groups excluding carboxylic acids is 1. The second kappa shape index (κ2) is 15.7. The van der Waals surface area contributed by atoms with E-state index in [4.69, 9.17) is 24.7 Å². The van der Waals surface area contributed by atoms with Crippen molar-refractivity contribution in [2.75, 3.05) is 6.61 Å². The van der Waals surface area contributed by atoms with E-state index in [1.54, 1.807) is 36.4 Å². The number of benzene rings is 3. The summed E-state index contributed by atoms with van der Waals surface area (Å²) in [6.45, 7) is 6.35. The van der Waals surface area contributed by atoms with Gasteiger partial charge in [0.1, 0.15) is 6.61 Å². The number of hydrogen-bond donors (Lipinski definition) is 3. The smallest absolute Gasteiger partial charge is 0.340 e. The molecular formula is C34H35N7O6. The number of hydrogen-bond acceptors (Lipinski definition) is 11. The monoisotopic (exact) mass is 637 g/mol. The van der Waals surface area contributed by atoms with Crippen LogP contribution in [0.4, 0.5) is 0 Å². The Morgan fingerprint density at radius 3 is 2.40 bits per heavy atom. The number of rotatable bonds is 14. The number of allylic oxidation sites excluding steroid dienone is 6. The molecule has 0 fully saturated rings. The average Bonchev–Trinajstić information content (AvgIpc) is 3.74. The topological polar surface area (TPSA) is 161 Å². The first-order chi connectivity index (χ1) is 22.9. The number of fused-ring (bicyclic) bond motifs is 1. The minimum Gasteiger partial charge on any atom is -0.465 e. The summed E-state index contributed by atoms with van der Waals surface area (Å²) >= 11 is 0. The number of aromatic amines is 1. The minimum atomic E-state index is -0.545. The van der Waals surface area contributed by atoms with Crippen molar-refractivity contribution in [2.24, 2.45) is 0 Å². The van der Waals surface area contributed by atoms with Crippen LogP contribution in [-0.2, 0) is 29.3 Å². The third-order valence-corrected chi connectivity index (χ3v) is 7.26. The summed E-state index contributed by atoms with van der Waals surface area (Å²) in [4.78, 5) is 22.9. The SMILES string of the molecule is C\C=C/C=C(\C(=C/C)c1nn[nH]n1)c1ccc(Cn2c(OCC)nc3cccc(C(=O)OCc4ccccc4CON(O)O)c32)cc1. The standard InChI is InChI=1S/C34H35N7O6/c1-4-7-13-28(27(5-2)32-36-38-39-37-32)24-18-16-23(17-19-24)20-40-31-29(14-10-15-30(31)35-34(40)45-6-3)33(42)46-21-25-11-8-9-12-26(25)22-47-41(43)44/h4-5,7-19,43-44H,6,20-22H2,1-3H3,(H,36,37,38,39)/b7-4-,27-5+,28-13-. The molecule has 0 spiro atoms. The van der Waals surface area contributed by atoms with Crippen LogP contribution < -0.4 is 4.74 Å². The van der Waals surface area contributed by atoms with E-state index in [1.807, 2.05) is 80.0 Å². The number of nitrogens with zero attached hydrogens (tertiary/aromatic N) is 6. The van der Waals surface area contributed by atoms with Gasteiger partial charge in [0.15, 0.2) is 0 Å². The quantitative estimate of drug-likeness (QED) is 0.0752. The predicted molar refractivity (Wildman–Crippen MR) is 173 cm³/mol. The molecule has 2 aromatic heterocycles. The van der Waals surface area contributed by atoms with Crippen LogP contribution in [0.5, 0.6) is 6.01 Å². The first-order valence-corrected chi connectivity index (χ1v) is 14.9. The molecule has 2 heterocycles. The zero-order chi connectivity index (χ0) is 33.2. The van der Waals surface area contributed by atoms with Crippen molar-refractivity contribution in [1.82, 2.24) is 35.6 Å². The molecule has 0 aliphatic heterocycles. The van der Waals surface area contributed by atoms with E-state index in [-0.39, 0.29) is 18.6 Å². The molecule has 0 aliphatic carbocycles. The highest BCUT2D eigenvalue weighted by atomic mass is 17.1. The number of imidazole rings is 1. The first kappa shape index (κ1) is 32.9. The van der Waals surface area contributed by atoms with E-state index in [0.29, 0.717) is 52.7 Å². The third-order valence-electron chi connectivity index (χ3n) is 7.26. The zero-order valence-electron chi connectivity index (χ0n) is 26.2. The highest BCUT2D eigenvalue weighted by molar-refractivity contribution is 6.04. The van der Waals surface area contributed by atoms with Crippen LogP contribution in [-0.4, -0.2) is 58.6 Å². The van der Waals surface area contributed by atoms with E-state index < -0.39 is 5.97 Å². The molecule has 3 aromatic carbocycles. The fourth-order valence-electron chi connectivity index (χ4n) is 5.09. The van der Waals surface area contributed by atoms with Gasteiger partial charge in [0, 0.05) is 5.57 Å². The van der Waals surface area contributed by atoms with Crippen molar-refractivity contribution in [2.45, 2.75) is 40.5 Å². The number of aromatic nitrogens is 6. The van der Waals surface area contributed by atoms with E-state index in [2.05, 4.69) is 25.6 Å². The normalized spacial score (nSPS) is 12.4. The number of H-pyrrole nitrogens is 1. The molecule has 0 saturated heterocycles. The molecule has 0 saturated carbocycles. The lowest BCUT2D eigenvalue weighted by Gasteiger charge is -2.14. The van der Waals surface area contributed by atoms with Gasteiger partial charge < -0.3 is 9.47 Å². The van der Waals surface area contributed by atoms with E-state index >= 15 is 0 Å². The maximum Gasteiger partial charge on any atom is 0.340 e. The number of nitrogens with one attached hydrogen (secondary N) is 1. The second-order valence-corrected chi connectivity index (χ2v) is 10.2. The van der Waals surface area contributed by atoms with Crippen LogP contribution in [0.1, 0.15) is 59.2 Å². The molecule has 0 amide bonds. The highest BCUT2D eigenvalue weighted by Crippen LogP contribution is 2.31. The average molecular weight is 638 g/mol. The van der Waals surface area contributed by atoms with Gasteiger partial charge in [-0.05, 0) is 65.9 Å². The molecule has 0 atom stereocenters. The van der Waals surface area contributed by atoms with Gasteiger partial charge in [-0.25, -0.2) is 9.63 Å². The molecular weight excluding hydrogens is 602 g/mol. The van der Waals surface area contributed by atoms with Gasteiger partial charge in [-0.1, -0.05) is 78.9 Å². The molecule has 0 unspecified atom stereocenters. The molecule has 5 rings (SSSR count). The van der Waals surface area contributed by atoms with Gasteiger partial charge in [-0.2, -0.15) is 10.2 Å². The summed E-state index contributed by atoms with van der Waals surface area (Å²) in [7, 11) is 0. The number of para-hydroxylation sites is 1. The lowest BCUT2D eigenvalue weighted by Crippen LogP contribution is -2.15. The number of tetrazole rings is 1. The lowest BCUT2D eigenvalue weighted by molar-refractivity contribution is -0.497. The van der Waals surface area contributed by atoms with Gasteiger partial charge in [0.25, 0.3) is 6.01 Å². The highest BCUT2D eigenvalue weighted by Gasteiger charge is 2.21. The van der Waals surface area contributed by atoms with Crippen LogP contribution >= 0.6 is 0 Å². The summed E-state index contributed by atoms with van der Waals surface area (Å²) in [5.41, 5.74) is 6.48. The fourth-order valence-corrected chi connectivity index (χ4v) is 5.09. The summed E-state index contributed by atoms with van der Waals surface area (Å²) in [6.07, 6.45) is 7.87. The number of carbonyl (C=O) groups is 1. The maximum absolute atomic E-state index is 13.5. The van der Waals surface area contributed by atoms with Gasteiger partial charge in [0.2, 0.25) is 5.82 Å². The van der Waals surface area contributed by atoms with E-state index in [0.717, 1.165) is 22.3 Å². The largest absolute Gasteiger partial charge is 0.465 e. The molecule has 47 heavy (non-hydrogen) atoms. The lowest BCUT2D eigenvalue weighted by atomic mass is 9.95. The molecule has 5 aromatic rings. The zero-order valence-corrected chi connectivity index (χ0v) is 26.2. The Labute approximate surface area is 270 Å². The first-order valence-electron chi connectivity index (χ1n) is 14.9. The molecule has 13 nitrogen and oxygen atoms in total. The molecule has 242 valence electrons. The Bertz CT molecular complexity index is 1890. The van der Waals surface area contributed by atoms with Crippen molar-refractivity contribution in [1.29, 1.82) is 0 Å². The van der Waals surface area contributed by atoms with Crippen LogP contribution in [0.3, 0.4) is 0 Å². The van der Waals surface area contributed by atoms with Crippen LogP contribution in [0.15, 0.2) is 91.0 Å². The van der Waals surface area contributed by atoms with Crippen LogP contribution in [0.2, 0.25) is 0 Å². The third kappa shape index (κ3) is 7.85. The van der Waals surface area contributed by atoms with Gasteiger partial charge >= 0.3 is 5.97 Å². The molecule has 0 radical (unpaired) electrons. The van der Waals surface area contributed by atoms with Crippen molar-refractivity contribution in [3.63, 3.8) is 0 Å². The minimum absolute atomic E-state index is 0.0549. The maximum atomic E-state index is 13.5. The molecule has 0 bridgehead atoms. The summed E-state index contributed by atoms with van der Waals surface area (Å²) in [5, 5.41) is 32.1.